The molecule has 0 heterocycles. The fraction of sp³-hybridized carbons (Fsp3) is 0.231. The predicted octanol–water partition coefficient (Wildman–Crippen LogP) is 4.92. The number of benzene rings is 3. The Balaban J connectivity index is 0.000000945. The van der Waals surface area contributed by atoms with Crippen LogP contribution in [-0.2, 0) is 0 Å². The molecule has 0 aliphatic carbocycles. The van der Waals surface area contributed by atoms with Gasteiger partial charge in [-0.3, -0.25) is 12.9 Å². The summed E-state index contributed by atoms with van der Waals surface area (Å²) in [5.41, 5.74) is 6.32. The van der Waals surface area contributed by atoms with Crippen LogP contribution in [0.25, 0.3) is 11.1 Å². The normalized spacial score (nSPS) is 10.8. The molecule has 0 saturated carbocycles. The van der Waals surface area contributed by atoms with Gasteiger partial charge in [-0.25, -0.2) is 0 Å². The summed E-state index contributed by atoms with van der Waals surface area (Å²) in [4.78, 5) is 0. The van der Waals surface area contributed by atoms with Crippen molar-refractivity contribution in [3.8, 4) is 5.75 Å². The van der Waals surface area contributed by atoms with E-state index in [2.05, 4.69) is 86.6 Å². The Labute approximate surface area is 212 Å². The van der Waals surface area contributed by atoms with Crippen molar-refractivity contribution in [1.82, 2.24) is 0 Å². The van der Waals surface area contributed by atoms with Gasteiger partial charge in [-0.1, -0.05) is 62.7 Å². The molecule has 0 aliphatic rings. The van der Waals surface area contributed by atoms with Crippen molar-refractivity contribution in [2.75, 3.05) is 6.61 Å². The Morgan fingerprint density at radius 3 is 1.91 bits per heavy atom. The molecule has 0 fully saturated rings. The van der Waals surface area contributed by atoms with Gasteiger partial charge in [0.05, 0.1) is 6.61 Å². The van der Waals surface area contributed by atoms with Crippen LogP contribution in [0.1, 0.15) is 49.8 Å². The molecule has 0 aliphatic heterocycles. The zero-order valence-electron chi connectivity index (χ0n) is 19.0. The van der Waals surface area contributed by atoms with E-state index in [4.69, 9.17) is 4.74 Å². The standard InChI is InChI=1S/C26H27O.BF3.Na/c1-3-5-20-27-24-18-16-23(17-19-24)26(22-14-10-7-11-15-22)25(4-2)21-12-8-6-9-13-21;2-1(3)4;/h6,8-19H,3-5,20H2,1-2H3;;/q-1;;+1. The molecule has 0 radical (unpaired) electrons. The molecule has 3 aromatic rings. The van der Waals surface area contributed by atoms with E-state index in [1.165, 1.54) is 27.8 Å². The van der Waals surface area contributed by atoms with Gasteiger partial charge in [-0.15, -0.1) is 5.56 Å². The molecule has 0 spiro atoms. The average molecular weight is 446 g/mol. The topological polar surface area (TPSA) is 9.23 Å². The molecule has 0 N–H and O–H groups in total. The summed E-state index contributed by atoms with van der Waals surface area (Å²) >= 11 is 0. The molecule has 162 valence electrons. The van der Waals surface area contributed by atoms with E-state index < -0.39 is 7.54 Å². The van der Waals surface area contributed by atoms with Gasteiger partial charge < -0.3 is 4.74 Å². The second kappa shape index (κ2) is 15.8. The molecule has 0 aromatic heterocycles. The molecule has 0 amide bonds. The number of hydrogen-bond acceptors (Lipinski definition) is 1. The van der Waals surface area contributed by atoms with Crippen LogP contribution in [0.4, 0.5) is 12.9 Å². The van der Waals surface area contributed by atoms with Gasteiger partial charge in [0.2, 0.25) is 0 Å². The van der Waals surface area contributed by atoms with Crippen molar-refractivity contribution in [1.29, 1.82) is 0 Å². The van der Waals surface area contributed by atoms with Crippen molar-refractivity contribution < 1.29 is 47.2 Å². The number of halogens is 3. The smallest absolute Gasteiger partial charge is 0.494 e. The Morgan fingerprint density at radius 1 is 0.812 bits per heavy atom. The minimum atomic E-state index is -3.67. The van der Waals surface area contributed by atoms with Crippen molar-refractivity contribution >= 4 is 18.7 Å². The van der Waals surface area contributed by atoms with Gasteiger partial charge in [-0.2, -0.15) is 30.3 Å². The molecule has 3 aromatic carbocycles. The van der Waals surface area contributed by atoms with Crippen molar-refractivity contribution in [2.24, 2.45) is 0 Å². The molecule has 1 nitrogen and oxygen atoms in total. The van der Waals surface area contributed by atoms with Crippen molar-refractivity contribution in [3.05, 3.63) is 102 Å². The van der Waals surface area contributed by atoms with Crippen LogP contribution in [0.5, 0.6) is 5.75 Å². The zero-order chi connectivity index (χ0) is 22.5. The molecule has 3 rings (SSSR count). The van der Waals surface area contributed by atoms with E-state index in [0.717, 1.165) is 31.6 Å². The van der Waals surface area contributed by atoms with Crippen LogP contribution in [-0.4, -0.2) is 14.2 Å². The summed E-state index contributed by atoms with van der Waals surface area (Å²) < 4.78 is 34.8. The fourth-order valence-corrected chi connectivity index (χ4v) is 3.29. The van der Waals surface area contributed by atoms with Gasteiger partial charge in [0.15, 0.2) is 0 Å². The van der Waals surface area contributed by atoms with E-state index >= 15 is 0 Å². The van der Waals surface area contributed by atoms with E-state index in [0.29, 0.717) is 0 Å². The van der Waals surface area contributed by atoms with Gasteiger partial charge in [0.25, 0.3) is 0 Å². The average Bonchev–Trinajstić information content (AvgIpc) is 2.79. The molecule has 32 heavy (non-hydrogen) atoms. The third kappa shape index (κ3) is 9.27. The number of rotatable bonds is 8. The second-order valence-corrected chi connectivity index (χ2v) is 6.84. The van der Waals surface area contributed by atoms with Crippen molar-refractivity contribution in [3.63, 3.8) is 0 Å². The maximum absolute atomic E-state index is 9.67. The maximum atomic E-state index is 9.67. The number of ether oxygens (including phenoxy) is 1. The largest absolute Gasteiger partial charge is 1.00 e. The quantitative estimate of drug-likeness (QED) is 0.207. The Kier molecular flexibility index (Phi) is 13.9. The number of allylic oxidation sites excluding steroid dienone is 1. The minimum absolute atomic E-state index is 0. The van der Waals surface area contributed by atoms with E-state index in [1.54, 1.807) is 0 Å². The molecular weight excluding hydrogens is 419 g/mol. The summed E-state index contributed by atoms with van der Waals surface area (Å²) in [6.07, 6.45) is 3.20. The number of hydrogen-bond donors (Lipinski definition) is 0. The second-order valence-electron chi connectivity index (χ2n) is 6.84. The molecular formula is C26H27BF3NaO. The Morgan fingerprint density at radius 2 is 1.38 bits per heavy atom. The summed E-state index contributed by atoms with van der Waals surface area (Å²) in [7, 11) is -3.67. The maximum Gasteiger partial charge on any atom is 1.00 e. The zero-order valence-corrected chi connectivity index (χ0v) is 21.0. The first-order chi connectivity index (χ1) is 15.1. The summed E-state index contributed by atoms with van der Waals surface area (Å²) in [6, 6.07) is 30.5. The monoisotopic (exact) mass is 446 g/mol. The Hall–Kier alpha value is -1.95. The predicted molar refractivity (Wildman–Crippen MR) is 124 cm³/mol. The molecule has 0 saturated heterocycles. The van der Waals surface area contributed by atoms with Crippen LogP contribution in [0.15, 0.2) is 78.9 Å². The minimum Gasteiger partial charge on any atom is -0.494 e. The Bertz CT molecular complexity index is 914. The molecule has 6 heteroatoms. The number of unbranched alkanes of at least 4 members (excludes halogenated alkanes) is 1. The van der Waals surface area contributed by atoms with Gasteiger partial charge in [-0.05, 0) is 47.2 Å². The van der Waals surface area contributed by atoms with Crippen molar-refractivity contribution in [2.45, 2.75) is 33.1 Å². The fourth-order valence-electron chi connectivity index (χ4n) is 3.29. The van der Waals surface area contributed by atoms with Gasteiger partial charge in [0, 0.05) is 0 Å². The SMILES string of the molecule is CCCCOc1ccc(C(=C(CC)c2ccccc2)c2cc[c-]cc2)cc1.FB(F)F.[Na+]. The van der Waals surface area contributed by atoms with Gasteiger partial charge in [0.1, 0.15) is 5.75 Å². The summed E-state index contributed by atoms with van der Waals surface area (Å²) in [5, 5.41) is 0. The molecule has 0 bridgehead atoms. The van der Waals surface area contributed by atoms with Gasteiger partial charge >= 0.3 is 37.1 Å². The summed E-state index contributed by atoms with van der Waals surface area (Å²) in [6.45, 7) is 5.17. The summed E-state index contributed by atoms with van der Waals surface area (Å²) in [5.74, 6) is 0.936. The first-order valence-corrected chi connectivity index (χ1v) is 10.5. The third-order valence-corrected chi connectivity index (χ3v) is 4.69. The van der Waals surface area contributed by atoms with E-state index in [1.807, 2.05) is 12.1 Å². The van der Waals surface area contributed by atoms with Crippen LogP contribution < -0.4 is 34.3 Å². The third-order valence-electron chi connectivity index (χ3n) is 4.69. The van der Waals surface area contributed by atoms with Crippen LogP contribution in [0.3, 0.4) is 0 Å². The van der Waals surface area contributed by atoms with E-state index in [9.17, 15) is 12.9 Å². The van der Waals surface area contributed by atoms with Crippen LogP contribution in [0.2, 0.25) is 0 Å². The van der Waals surface area contributed by atoms with E-state index in [-0.39, 0.29) is 29.6 Å². The first kappa shape index (κ1) is 28.1. The molecule has 0 atom stereocenters. The van der Waals surface area contributed by atoms with Crippen LogP contribution in [0, 0.1) is 6.07 Å². The van der Waals surface area contributed by atoms with Crippen LogP contribution >= 0.6 is 0 Å². The first-order valence-electron chi connectivity index (χ1n) is 10.5. The molecule has 0 unspecified atom stereocenters.